The van der Waals surface area contributed by atoms with E-state index in [-0.39, 0.29) is 24.5 Å². The van der Waals surface area contributed by atoms with Crippen molar-refractivity contribution in [3.05, 3.63) is 0 Å². The van der Waals surface area contributed by atoms with Gasteiger partial charge < -0.3 is 15.4 Å². The number of amides is 1. The second kappa shape index (κ2) is 8.91. The molecule has 0 aromatic carbocycles. The number of ether oxygens (including phenoxy) is 1. The minimum absolute atomic E-state index is 0.00237. The normalized spacial score (nSPS) is 12.3. The molecule has 0 spiro atoms. The van der Waals surface area contributed by atoms with E-state index in [1.54, 1.807) is 11.8 Å². The Hall–Kier alpha value is -1.10. The number of esters is 1. The van der Waals surface area contributed by atoms with Gasteiger partial charge in [0.1, 0.15) is 6.54 Å². The van der Waals surface area contributed by atoms with E-state index in [1.807, 2.05) is 20.8 Å². The first kappa shape index (κ1) is 16.9. The fourth-order valence-electron chi connectivity index (χ4n) is 1.57. The van der Waals surface area contributed by atoms with E-state index in [4.69, 9.17) is 10.5 Å². The Labute approximate surface area is 110 Å². The van der Waals surface area contributed by atoms with Gasteiger partial charge in [0.25, 0.3) is 0 Å². The van der Waals surface area contributed by atoms with Crippen LogP contribution in [0.1, 0.15) is 40.5 Å². The van der Waals surface area contributed by atoms with Gasteiger partial charge in [-0.05, 0) is 26.2 Å². The monoisotopic (exact) mass is 258 g/mol. The molecule has 0 aromatic rings. The summed E-state index contributed by atoms with van der Waals surface area (Å²) in [5.74, 6) is -0.0694. The smallest absolute Gasteiger partial charge is 0.325 e. The first-order chi connectivity index (χ1) is 8.36. The molecule has 5 heteroatoms. The summed E-state index contributed by atoms with van der Waals surface area (Å²) in [6.07, 6.45) is 1.01. The maximum absolute atomic E-state index is 12.0. The molecule has 2 N–H and O–H groups in total. The van der Waals surface area contributed by atoms with Gasteiger partial charge in [-0.3, -0.25) is 9.59 Å². The van der Waals surface area contributed by atoms with Gasteiger partial charge in [0.15, 0.2) is 0 Å². The molecule has 1 atom stereocenters. The summed E-state index contributed by atoms with van der Waals surface area (Å²) < 4.78 is 4.87. The number of carbonyl (C=O) groups is 2. The lowest BCUT2D eigenvalue weighted by atomic mass is 10.1. The Kier molecular flexibility index (Phi) is 8.37. The summed E-state index contributed by atoms with van der Waals surface area (Å²) in [5.41, 5.74) is 5.63. The third-order valence-electron chi connectivity index (χ3n) is 2.38. The molecular weight excluding hydrogens is 232 g/mol. The SMILES string of the molecule is CCOC(=O)CN(CC(C)C)C(=O)CCC(C)N. The van der Waals surface area contributed by atoms with Crippen LogP contribution in [0.15, 0.2) is 0 Å². The number of rotatable bonds is 8. The van der Waals surface area contributed by atoms with Crippen LogP contribution in [-0.4, -0.2) is 42.5 Å². The summed E-state index contributed by atoms with van der Waals surface area (Å²) >= 11 is 0. The Morgan fingerprint density at radius 2 is 1.89 bits per heavy atom. The predicted molar refractivity (Wildman–Crippen MR) is 70.9 cm³/mol. The molecule has 0 fully saturated rings. The van der Waals surface area contributed by atoms with Crippen molar-refractivity contribution in [2.24, 2.45) is 11.7 Å². The maximum Gasteiger partial charge on any atom is 0.325 e. The molecule has 0 bridgehead atoms. The Bertz CT molecular complexity index is 265. The quantitative estimate of drug-likeness (QED) is 0.663. The highest BCUT2D eigenvalue weighted by Gasteiger charge is 2.18. The van der Waals surface area contributed by atoms with Crippen LogP contribution < -0.4 is 5.73 Å². The summed E-state index contributed by atoms with van der Waals surface area (Å²) in [6, 6.07) is -0.00237. The Balaban J connectivity index is 4.37. The second-order valence-electron chi connectivity index (χ2n) is 4.99. The van der Waals surface area contributed by atoms with Crippen molar-refractivity contribution >= 4 is 11.9 Å². The van der Waals surface area contributed by atoms with Gasteiger partial charge in [0, 0.05) is 19.0 Å². The average molecular weight is 258 g/mol. The van der Waals surface area contributed by atoms with E-state index in [0.29, 0.717) is 31.9 Å². The number of hydrogen-bond donors (Lipinski definition) is 1. The zero-order chi connectivity index (χ0) is 14.1. The molecule has 0 aliphatic heterocycles. The Morgan fingerprint density at radius 1 is 1.28 bits per heavy atom. The van der Waals surface area contributed by atoms with Crippen molar-refractivity contribution in [2.45, 2.75) is 46.6 Å². The van der Waals surface area contributed by atoms with Crippen molar-refractivity contribution < 1.29 is 14.3 Å². The fourth-order valence-corrected chi connectivity index (χ4v) is 1.57. The van der Waals surface area contributed by atoms with Crippen molar-refractivity contribution in [3.8, 4) is 0 Å². The van der Waals surface area contributed by atoms with Gasteiger partial charge in [-0.15, -0.1) is 0 Å². The molecule has 0 aliphatic rings. The molecule has 0 saturated heterocycles. The van der Waals surface area contributed by atoms with Crippen LogP contribution in [0.5, 0.6) is 0 Å². The Morgan fingerprint density at radius 3 is 2.33 bits per heavy atom. The van der Waals surface area contributed by atoms with E-state index in [9.17, 15) is 9.59 Å². The summed E-state index contributed by atoms with van der Waals surface area (Å²) in [7, 11) is 0. The maximum atomic E-state index is 12.0. The van der Waals surface area contributed by atoms with Crippen molar-refractivity contribution in [2.75, 3.05) is 19.7 Å². The van der Waals surface area contributed by atoms with Gasteiger partial charge in [-0.1, -0.05) is 13.8 Å². The standard InChI is InChI=1S/C13H26N2O3/c1-5-18-13(17)9-15(8-10(2)3)12(16)7-6-11(4)14/h10-11H,5-9,14H2,1-4H3. The van der Waals surface area contributed by atoms with E-state index in [0.717, 1.165) is 0 Å². The van der Waals surface area contributed by atoms with Crippen LogP contribution in [0.4, 0.5) is 0 Å². The number of carbonyl (C=O) groups excluding carboxylic acids is 2. The topological polar surface area (TPSA) is 72.6 Å². The van der Waals surface area contributed by atoms with Gasteiger partial charge in [0.05, 0.1) is 6.61 Å². The van der Waals surface area contributed by atoms with Gasteiger partial charge >= 0.3 is 5.97 Å². The van der Waals surface area contributed by atoms with Crippen LogP contribution in [0, 0.1) is 5.92 Å². The number of nitrogens with two attached hydrogens (primary N) is 1. The lowest BCUT2D eigenvalue weighted by Crippen LogP contribution is -2.39. The van der Waals surface area contributed by atoms with E-state index < -0.39 is 0 Å². The summed E-state index contributed by atoms with van der Waals surface area (Å²) in [4.78, 5) is 25.0. The molecule has 5 nitrogen and oxygen atoms in total. The number of hydrogen-bond acceptors (Lipinski definition) is 4. The van der Waals surface area contributed by atoms with Crippen LogP contribution in [0.25, 0.3) is 0 Å². The third kappa shape index (κ3) is 8.06. The molecular formula is C13H26N2O3. The molecule has 106 valence electrons. The van der Waals surface area contributed by atoms with Crippen LogP contribution in [-0.2, 0) is 14.3 Å². The van der Waals surface area contributed by atoms with Crippen LogP contribution >= 0.6 is 0 Å². The van der Waals surface area contributed by atoms with Crippen molar-refractivity contribution in [1.29, 1.82) is 0 Å². The zero-order valence-electron chi connectivity index (χ0n) is 11.9. The average Bonchev–Trinajstić information content (AvgIpc) is 2.24. The lowest BCUT2D eigenvalue weighted by molar-refractivity contribution is -0.149. The highest BCUT2D eigenvalue weighted by molar-refractivity contribution is 5.82. The van der Waals surface area contributed by atoms with Gasteiger partial charge in [-0.25, -0.2) is 0 Å². The highest BCUT2D eigenvalue weighted by atomic mass is 16.5. The molecule has 0 heterocycles. The second-order valence-corrected chi connectivity index (χ2v) is 4.99. The lowest BCUT2D eigenvalue weighted by Gasteiger charge is -2.24. The van der Waals surface area contributed by atoms with E-state index in [2.05, 4.69) is 0 Å². The number of nitrogens with zero attached hydrogens (tertiary/aromatic N) is 1. The largest absolute Gasteiger partial charge is 0.465 e. The van der Waals surface area contributed by atoms with Crippen LogP contribution in [0.2, 0.25) is 0 Å². The molecule has 0 saturated carbocycles. The molecule has 0 aromatic heterocycles. The molecule has 18 heavy (non-hydrogen) atoms. The van der Waals surface area contributed by atoms with Gasteiger partial charge in [0.2, 0.25) is 5.91 Å². The summed E-state index contributed by atoms with van der Waals surface area (Å²) in [6.45, 7) is 8.57. The first-order valence-electron chi connectivity index (χ1n) is 6.55. The summed E-state index contributed by atoms with van der Waals surface area (Å²) in [5, 5.41) is 0. The predicted octanol–water partition coefficient (Wildman–Crippen LogP) is 1.16. The van der Waals surface area contributed by atoms with Crippen LogP contribution in [0.3, 0.4) is 0 Å². The first-order valence-corrected chi connectivity index (χ1v) is 6.55. The van der Waals surface area contributed by atoms with E-state index in [1.165, 1.54) is 0 Å². The molecule has 0 rings (SSSR count). The molecule has 1 unspecified atom stereocenters. The van der Waals surface area contributed by atoms with Crippen molar-refractivity contribution in [3.63, 3.8) is 0 Å². The minimum atomic E-state index is -0.354. The fraction of sp³-hybridized carbons (Fsp3) is 0.846. The molecule has 0 aliphatic carbocycles. The zero-order valence-corrected chi connectivity index (χ0v) is 11.9. The van der Waals surface area contributed by atoms with Gasteiger partial charge in [-0.2, -0.15) is 0 Å². The molecule has 0 radical (unpaired) electrons. The third-order valence-corrected chi connectivity index (χ3v) is 2.38. The molecule has 1 amide bonds. The minimum Gasteiger partial charge on any atom is -0.465 e. The van der Waals surface area contributed by atoms with E-state index >= 15 is 0 Å². The van der Waals surface area contributed by atoms with Crippen molar-refractivity contribution in [1.82, 2.24) is 4.90 Å². The highest BCUT2D eigenvalue weighted by Crippen LogP contribution is 2.05.